The molecule has 0 heterocycles. The van der Waals surface area contributed by atoms with Crippen LogP contribution in [0.2, 0.25) is 0 Å². The van der Waals surface area contributed by atoms with Crippen LogP contribution in [-0.2, 0) is 4.79 Å². The molecule has 1 saturated carbocycles. The molecular formula is C17H25N3O4. The zero-order chi connectivity index (χ0) is 17.9. The summed E-state index contributed by atoms with van der Waals surface area (Å²) in [6, 6.07) is 4.01. The van der Waals surface area contributed by atoms with E-state index in [-0.39, 0.29) is 23.1 Å². The van der Waals surface area contributed by atoms with Crippen molar-refractivity contribution in [1.82, 2.24) is 5.32 Å². The van der Waals surface area contributed by atoms with Crippen LogP contribution in [0.15, 0.2) is 18.2 Å². The van der Waals surface area contributed by atoms with Crippen LogP contribution in [0.1, 0.15) is 40.0 Å². The van der Waals surface area contributed by atoms with E-state index in [1.807, 2.05) is 0 Å². The number of nitro groups is 1. The van der Waals surface area contributed by atoms with Gasteiger partial charge >= 0.3 is 0 Å². The maximum atomic E-state index is 12.5. The Labute approximate surface area is 141 Å². The van der Waals surface area contributed by atoms with Crippen LogP contribution in [0.4, 0.5) is 11.4 Å². The third-order valence-electron chi connectivity index (χ3n) is 4.75. The number of rotatable bonds is 6. The molecule has 0 aliphatic heterocycles. The SMILES string of the molecule is COc1ccc([N+](=O)[O-])cc1NC(=O)[C@H](C)N[C@H]1CCCC1(C)C. The summed E-state index contributed by atoms with van der Waals surface area (Å²) >= 11 is 0. The molecule has 24 heavy (non-hydrogen) atoms. The van der Waals surface area contributed by atoms with Gasteiger partial charge in [-0.1, -0.05) is 20.3 Å². The fourth-order valence-corrected chi connectivity index (χ4v) is 3.16. The molecule has 7 nitrogen and oxygen atoms in total. The molecule has 0 bridgehead atoms. The van der Waals surface area contributed by atoms with Gasteiger partial charge in [0.2, 0.25) is 5.91 Å². The van der Waals surface area contributed by atoms with Gasteiger partial charge < -0.3 is 15.4 Å². The molecule has 2 atom stereocenters. The van der Waals surface area contributed by atoms with Gasteiger partial charge in [0.1, 0.15) is 5.75 Å². The Bertz CT molecular complexity index is 630. The average Bonchev–Trinajstić information content (AvgIpc) is 2.85. The summed E-state index contributed by atoms with van der Waals surface area (Å²) in [7, 11) is 1.46. The first-order valence-corrected chi connectivity index (χ1v) is 8.14. The van der Waals surface area contributed by atoms with Gasteiger partial charge in [-0.2, -0.15) is 0 Å². The van der Waals surface area contributed by atoms with Gasteiger partial charge in [-0.3, -0.25) is 14.9 Å². The summed E-state index contributed by atoms with van der Waals surface area (Å²) in [5, 5.41) is 17.0. The van der Waals surface area contributed by atoms with E-state index in [1.54, 1.807) is 6.92 Å². The number of ether oxygens (including phenoxy) is 1. The number of benzene rings is 1. The van der Waals surface area contributed by atoms with Crippen LogP contribution >= 0.6 is 0 Å². The highest BCUT2D eigenvalue weighted by Gasteiger charge is 2.35. The summed E-state index contributed by atoms with van der Waals surface area (Å²) in [6.45, 7) is 6.20. The Hall–Kier alpha value is -2.15. The van der Waals surface area contributed by atoms with Crippen LogP contribution in [0.5, 0.6) is 5.75 Å². The van der Waals surface area contributed by atoms with Crippen molar-refractivity contribution in [2.75, 3.05) is 12.4 Å². The minimum absolute atomic E-state index is 0.0939. The van der Waals surface area contributed by atoms with Crippen molar-refractivity contribution in [3.05, 3.63) is 28.3 Å². The number of nitrogens with zero attached hydrogens (tertiary/aromatic N) is 1. The number of carbonyl (C=O) groups excluding carboxylic acids is 1. The fraction of sp³-hybridized carbons (Fsp3) is 0.588. The number of nitrogens with one attached hydrogen (secondary N) is 2. The summed E-state index contributed by atoms with van der Waals surface area (Å²) in [4.78, 5) is 22.9. The molecule has 0 spiro atoms. The van der Waals surface area contributed by atoms with Gasteiger partial charge in [0.25, 0.3) is 5.69 Å². The zero-order valence-corrected chi connectivity index (χ0v) is 14.6. The first-order chi connectivity index (χ1) is 11.2. The molecule has 1 amide bonds. The van der Waals surface area contributed by atoms with Gasteiger partial charge in [0.15, 0.2) is 0 Å². The molecule has 0 saturated heterocycles. The standard InChI is InChI=1S/C17H25N3O4/c1-11(18-15-6-5-9-17(15,2)3)16(21)19-13-10-12(20(22)23)7-8-14(13)24-4/h7-8,10-11,15,18H,5-6,9H2,1-4H3,(H,19,21)/t11-,15-/m0/s1. The number of hydrogen-bond donors (Lipinski definition) is 2. The Morgan fingerprint density at radius 2 is 2.17 bits per heavy atom. The minimum Gasteiger partial charge on any atom is -0.495 e. The quantitative estimate of drug-likeness (QED) is 0.615. The average molecular weight is 335 g/mol. The van der Waals surface area contributed by atoms with Crippen molar-refractivity contribution < 1.29 is 14.5 Å². The zero-order valence-electron chi connectivity index (χ0n) is 14.6. The maximum absolute atomic E-state index is 12.5. The highest BCUT2D eigenvalue weighted by atomic mass is 16.6. The number of hydrogen-bond acceptors (Lipinski definition) is 5. The van der Waals surface area contributed by atoms with Crippen molar-refractivity contribution in [2.24, 2.45) is 5.41 Å². The molecule has 0 aromatic heterocycles. The number of carbonyl (C=O) groups is 1. The van der Waals surface area contributed by atoms with Crippen LogP contribution in [0.3, 0.4) is 0 Å². The molecule has 1 aliphatic carbocycles. The predicted octanol–water partition coefficient (Wildman–Crippen LogP) is 3.10. The second kappa shape index (κ2) is 7.17. The lowest BCUT2D eigenvalue weighted by Crippen LogP contribution is -2.47. The first-order valence-electron chi connectivity index (χ1n) is 8.14. The number of nitro benzene ring substituents is 1. The smallest absolute Gasteiger partial charge is 0.271 e. The van der Waals surface area contributed by atoms with E-state index in [4.69, 9.17) is 4.74 Å². The molecular weight excluding hydrogens is 310 g/mol. The molecule has 0 radical (unpaired) electrons. The van der Waals surface area contributed by atoms with Crippen molar-refractivity contribution in [2.45, 2.75) is 52.1 Å². The van der Waals surface area contributed by atoms with E-state index >= 15 is 0 Å². The van der Waals surface area contributed by atoms with Crippen molar-refractivity contribution in [1.29, 1.82) is 0 Å². The summed E-state index contributed by atoms with van der Waals surface area (Å²) in [5.41, 5.74) is 0.372. The van der Waals surface area contributed by atoms with Crippen LogP contribution in [0, 0.1) is 15.5 Å². The summed E-state index contributed by atoms with van der Waals surface area (Å²) in [5.74, 6) is 0.152. The first kappa shape index (κ1) is 18.2. The van der Waals surface area contributed by atoms with Gasteiger partial charge in [0.05, 0.1) is 23.8 Å². The van der Waals surface area contributed by atoms with E-state index in [0.717, 1.165) is 19.3 Å². The van der Waals surface area contributed by atoms with Gasteiger partial charge in [-0.15, -0.1) is 0 Å². The minimum atomic E-state index is -0.502. The second-order valence-electron chi connectivity index (χ2n) is 6.95. The lowest BCUT2D eigenvalue weighted by Gasteiger charge is -2.30. The molecule has 2 rings (SSSR count). The molecule has 1 aromatic rings. The number of amides is 1. The Balaban J connectivity index is 2.08. The Kier molecular flexibility index (Phi) is 5.43. The molecule has 1 aliphatic rings. The van der Waals surface area contributed by atoms with E-state index < -0.39 is 11.0 Å². The van der Waals surface area contributed by atoms with Gasteiger partial charge in [0, 0.05) is 18.2 Å². The van der Waals surface area contributed by atoms with E-state index in [2.05, 4.69) is 24.5 Å². The fourth-order valence-electron chi connectivity index (χ4n) is 3.16. The topological polar surface area (TPSA) is 93.5 Å². The highest BCUT2D eigenvalue weighted by Crippen LogP contribution is 2.37. The number of non-ortho nitro benzene ring substituents is 1. The summed E-state index contributed by atoms with van der Waals surface area (Å²) in [6.07, 6.45) is 3.33. The predicted molar refractivity (Wildman–Crippen MR) is 92.3 cm³/mol. The van der Waals surface area contributed by atoms with Gasteiger partial charge in [-0.05, 0) is 31.2 Å². The van der Waals surface area contributed by atoms with Crippen molar-refractivity contribution in [3.63, 3.8) is 0 Å². The van der Waals surface area contributed by atoms with E-state index in [0.29, 0.717) is 11.4 Å². The summed E-state index contributed by atoms with van der Waals surface area (Å²) < 4.78 is 5.17. The lowest BCUT2D eigenvalue weighted by atomic mass is 9.87. The van der Waals surface area contributed by atoms with Gasteiger partial charge in [-0.25, -0.2) is 0 Å². The number of anilines is 1. The molecule has 132 valence electrons. The van der Waals surface area contributed by atoms with Crippen LogP contribution in [-0.4, -0.2) is 30.0 Å². The normalized spacial score (nSPS) is 20.4. The Morgan fingerprint density at radius 1 is 1.46 bits per heavy atom. The highest BCUT2D eigenvalue weighted by molar-refractivity contribution is 5.96. The Morgan fingerprint density at radius 3 is 2.71 bits per heavy atom. The second-order valence-corrected chi connectivity index (χ2v) is 6.95. The van der Waals surface area contributed by atoms with Crippen molar-refractivity contribution in [3.8, 4) is 5.75 Å². The molecule has 7 heteroatoms. The molecule has 0 unspecified atom stereocenters. The lowest BCUT2D eigenvalue weighted by molar-refractivity contribution is -0.384. The molecule has 2 N–H and O–H groups in total. The largest absolute Gasteiger partial charge is 0.495 e. The van der Waals surface area contributed by atoms with E-state index in [9.17, 15) is 14.9 Å². The molecule has 1 fully saturated rings. The van der Waals surface area contributed by atoms with Crippen molar-refractivity contribution >= 4 is 17.3 Å². The molecule has 1 aromatic carbocycles. The maximum Gasteiger partial charge on any atom is 0.271 e. The van der Waals surface area contributed by atoms with Crippen LogP contribution < -0.4 is 15.4 Å². The monoisotopic (exact) mass is 335 g/mol. The number of methoxy groups -OCH3 is 1. The van der Waals surface area contributed by atoms with Crippen LogP contribution in [0.25, 0.3) is 0 Å². The third kappa shape index (κ3) is 4.03. The van der Waals surface area contributed by atoms with E-state index in [1.165, 1.54) is 25.3 Å². The third-order valence-corrected chi connectivity index (χ3v) is 4.75.